The number of hydrogen-bond donors (Lipinski definition) is 0. The molecule has 17 heavy (non-hydrogen) atoms. The first-order valence-electron chi connectivity index (χ1n) is 5.25. The van der Waals surface area contributed by atoms with Crippen LogP contribution in [0.15, 0.2) is 42.3 Å². The highest BCUT2D eigenvalue weighted by molar-refractivity contribution is 7.91. The maximum Gasteiger partial charge on any atom is 0.236 e. The minimum absolute atomic E-state index is 0.319. The Morgan fingerprint density at radius 1 is 1.35 bits per heavy atom. The summed E-state index contributed by atoms with van der Waals surface area (Å²) in [6.07, 6.45) is 0. The molecule has 5 heteroatoms. The van der Waals surface area contributed by atoms with Crippen molar-refractivity contribution in [2.45, 2.75) is 6.54 Å². The molecule has 0 aromatic heterocycles. The van der Waals surface area contributed by atoms with Crippen LogP contribution >= 0.6 is 0 Å². The van der Waals surface area contributed by atoms with E-state index < -0.39 is 10.0 Å². The number of methoxy groups -OCH3 is 1. The molecule has 0 spiro atoms. The molecule has 0 atom stereocenters. The van der Waals surface area contributed by atoms with Crippen molar-refractivity contribution in [3.8, 4) is 0 Å². The SMILES string of the molecule is C=CS(=O)(=O)N(CCOC)Cc1ccccc1. The van der Waals surface area contributed by atoms with Gasteiger partial charge in [-0.3, -0.25) is 0 Å². The van der Waals surface area contributed by atoms with Gasteiger partial charge in [-0.2, -0.15) is 4.31 Å². The Labute approximate surface area is 103 Å². The smallest absolute Gasteiger partial charge is 0.236 e. The quantitative estimate of drug-likeness (QED) is 0.743. The van der Waals surface area contributed by atoms with Gasteiger partial charge in [0.1, 0.15) is 0 Å². The molecular weight excluding hydrogens is 238 g/mol. The van der Waals surface area contributed by atoms with Gasteiger partial charge in [-0.05, 0) is 5.56 Å². The molecule has 0 bridgehead atoms. The van der Waals surface area contributed by atoms with E-state index in [2.05, 4.69) is 6.58 Å². The second-order valence-electron chi connectivity index (χ2n) is 3.52. The summed E-state index contributed by atoms with van der Waals surface area (Å²) in [6.45, 7) is 4.34. The van der Waals surface area contributed by atoms with Crippen LogP contribution in [0.3, 0.4) is 0 Å². The normalized spacial score (nSPS) is 11.6. The van der Waals surface area contributed by atoms with Crippen LogP contribution in [0.25, 0.3) is 0 Å². The average molecular weight is 255 g/mol. The summed E-state index contributed by atoms with van der Waals surface area (Å²) < 4.78 is 29.8. The first-order valence-corrected chi connectivity index (χ1v) is 6.76. The molecule has 0 aliphatic heterocycles. The van der Waals surface area contributed by atoms with Crippen LogP contribution in [-0.4, -0.2) is 33.0 Å². The fourth-order valence-electron chi connectivity index (χ4n) is 1.38. The van der Waals surface area contributed by atoms with E-state index >= 15 is 0 Å². The minimum atomic E-state index is -3.41. The summed E-state index contributed by atoms with van der Waals surface area (Å²) in [7, 11) is -1.87. The molecule has 1 aromatic carbocycles. The van der Waals surface area contributed by atoms with Gasteiger partial charge in [0.2, 0.25) is 10.0 Å². The molecule has 0 aliphatic rings. The highest BCUT2D eigenvalue weighted by Gasteiger charge is 2.18. The van der Waals surface area contributed by atoms with E-state index in [9.17, 15) is 8.42 Å². The zero-order valence-corrected chi connectivity index (χ0v) is 10.7. The Bertz CT molecular complexity index is 442. The van der Waals surface area contributed by atoms with Crippen molar-refractivity contribution in [1.82, 2.24) is 4.31 Å². The molecule has 0 N–H and O–H groups in total. The molecule has 0 unspecified atom stereocenters. The van der Waals surface area contributed by atoms with Crippen molar-refractivity contribution in [1.29, 1.82) is 0 Å². The van der Waals surface area contributed by atoms with E-state index in [4.69, 9.17) is 4.74 Å². The number of hydrogen-bond acceptors (Lipinski definition) is 3. The van der Waals surface area contributed by atoms with Crippen LogP contribution in [-0.2, 0) is 21.3 Å². The molecule has 0 saturated heterocycles. The number of sulfonamides is 1. The van der Waals surface area contributed by atoms with Gasteiger partial charge in [0, 0.05) is 25.6 Å². The topological polar surface area (TPSA) is 46.6 Å². The number of nitrogens with zero attached hydrogens (tertiary/aromatic N) is 1. The van der Waals surface area contributed by atoms with E-state index in [0.29, 0.717) is 19.7 Å². The average Bonchev–Trinajstić information content (AvgIpc) is 2.35. The van der Waals surface area contributed by atoms with E-state index in [-0.39, 0.29) is 0 Å². The zero-order valence-electron chi connectivity index (χ0n) is 9.87. The molecule has 0 aliphatic carbocycles. The zero-order chi connectivity index (χ0) is 12.7. The lowest BCUT2D eigenvalue weighted by Gasteiger charge is -2.19. The van der Waals surface area contributed by atoms with Gasteiger partial charge >= 0.3 is 0 Å². The van der Waals surface area contributed by atoms with Gasteiger partial charge in [0.05, 0.1) is 6.61 Å². The fraction of sp³-hybridized carbons (Fsp3) is 0.333. The van der Waals surface area contributed by atoms with Crippen molar-refractivity contribution in [3.05, 3.63) is 47.9 Å². The lowest BCUT2D eigenvalue weighted by atomic mass is 10.2. The lowest BCUT2D eigenvalue weighted by Crippen LogP contribution is -2.31. The summed E-state index contributed by atoms with van der Waals surface area (Å²) >= 11 is 0. The molecule has 1 aromatic rings. The molecule has 0 fully saturated rings. The third-order valence-electron chi connectivity index (χ3n) is 2.32. The molecule has 0 radical (unpaired) electrons. The maximum atomic E-state index is 11.8. The van der Waals surface area contributed by atoms with Crippen LogP contribution in [0.2, 0.25) is 0 Å². The van der Waals surface area contributed by atoms with Gasteiger partial charge in [-0.15, -0.1) is 0 Å². The second-order valence-corrected chi connectivity index (χ2v) is 5.40. The molecule has 1 rings (SSSR count). The second kappa shape index (κ2) is 6.54. The highest BCUT2D eigenvalue weighted by atomic mass is 32.2. The van der Waals surface area contributed by atoms with Gasteiger partial charge in [0.25, 0.3) is 0 Å². The third-order valence-corrected chi connectivity index (χ3v) is 3.77. The molecule has 0 heterocycles. The molecule has 4 nitrogen and oxygen atoms in total. The lowest BCUT2D eigenvalue weighted by molar-refractivity contribution is 0.178. The van der Waals surface area contributed by atoms with E-state index in [1.165, 1.54) is 4.31 Å². The van der Waals surface area contributed by atoms with Crippen molar-refractivity contribution in [3.63, 3.8) is 0 Å². The van der Waals surface area contributed by atoms with Gasteiger partial charge in [-0.25, -0.2) is 8.42 Å². The maximum absolute atomic E-state index is 11.8. The molecule has 0 saturated carbocycles. The first-order chi connectivity index (χ1) is 8.10. The van der Waals surface area contributed by atoms with Crippen LogP contribution in [0.1, 0.15) is 5.56 Å². The predicted molar refractivity (Wildman–Crippen MR) is 67.8 cm³/mol. The van der Waals surface area contributed by atoms with Crippen molar-refractivity contribution in [2.24, 2.45) is 0 Å². The van der Waals surface area contributed by atoms with Crippen LogP contribution in [0, 0.1) is 0 Å². The van der Waals surface area contributed by atoms with E-state index in [1.807, 2.05) is 30.3 Å². The number of rotatable bonds is 7. The standard InChI is InChI=1S/C12H17NO3S/c1-3-17(14,15)13(9-10-16-2)11-12-7-5-4-6-8-12/h3-8H,1,9-11H2,2H3. The number of benzene rings is 1. The molecule has 94 valence electrons. The molecule has 0 amide bonds. The fourth-order valence-corrected chi connectivity index (χ4v) is 2.25. The van der Waals surface area contributed by atoms with Crippen LogP contribution in [0.5, 0.6) is 0 Å². The van der Waals surface area contributed by atoms with E-state index in [1.54, 1.807) is 7.11 Å². The minimum Gasteiger partial charge on any atom is -0.383 e. The van der Waals surface area contributed by atoms with Gasteiger partial charge in [0.15, 0.2) is 0 Å². The Balaban J connectivity index is 2.81. The molecular formula is C12H17NO3S. The predicted octanol–water partition coefficient (Wildman–Crippen LogP) is 1.61. The van der Waals surface area contributed by atoms with Crippen LogP contribution < -0.4 is 0 Å². The van der Waals surface area contributed by atoms with Crippen molar-refractivity contribution in [2.75, 3.05) is 20.3 Å². The summed E-state index contributed by atoms with van der Waals surface area (Å²) in [6, 6.07) is 9.43. The van der Waals surface area contributed by atoms with Crippen molar-refractivity contribution >= 4 is 10.0 Å². The van der Waals surface area contributed by atoms with Crippen LogP contribution in [0.4, 0.5) is 0 Å². The Kier molecular flexibility index (Phi) is 5.34. The summed E-state index contributed by atoms with van der Waals surface area (Å²) in [5, 5.41) is 0.964. The third kappa shape index (κ3) is 4.30. The summed E-state index contributed by atoms with van der Waals surface area (Å²) in [5.41, 5.74) is 0.939. The van der Waals surface area contributed by atoms with Gasteiger partial charge in [-0.1, -0.05) is 36.9 Å². The monoisotopic (exact) mass is 255 g/mol. The van der Waals surface area contributed by atoms with Crippen molar-refractivity contribution < 1.29 is 13.2 Å². The Hall–Kier alpha value is -1.17. The largest absolute Gasteiger partial charge is 0.383 e. The number of ether oxygens (including phenoxy) is 1. The van der Waals surface area contributed by atoms with Gasteiger partial charge < -0.3 is 4.74 Å². The van der Waals surface area contributed by atoms with E-state index in [0.717, 1.165) is 11.0 Å². The summed E-state index contributed by atoms with van der Waals surface area (Å²) in [4.78, 5) is 0. The Morgan fingerprint density at radius 3 is 2.53 bits per heavy atom. The Morgan fingerprint density at radius 2 is 2.00 bits per heavy atom. The summed E-state index contributed by atoms with van der Waals surface area (Å²) in [5.74, 6) is 0. The highest BCUT2D eigenvalue weighted by Crippen LogP contribution is 2.10. The first kappa shape index (κ1) is 13.9.